The minimum absolute atomic E-state index is 0.0898. The Bertz CT molecular complexity index is 1740. The van der Waals surface area contributed by atoms with Crippen LogP contribution in [0.15, 0.2) is 70.1 Å². The molecule has 0 amide bonds. The van der Waals surface area contributed by atoms with Crippen molar-refractivity contribution in [3.8, 4) is 0 Å². The third-order valence-electron chi connectivity index (χ3n) is 6.94. The molecule has 3 heterocycles. The van der Waals surface area contributed by atoms with Crippen molar-refractivity contribution in [3.63, 3.8) is 0 Å². The standard InChI is InChI=1S/C29H28N6O/c1-19-9-8-12-22(17-19)18-30-35-27-25(26-28(35)33-24-14-7-6-13-23(24)32-26)29(36)34(20(2)31-27)16-15-21-10-4-3-5-11-21/h6-10,12-14,17-18H,3-5,11,15-16H2,1-2H3. The summed E-state index contributed by atoms with van der Waals surface area (Å²) in [6.07, 6.45) is 9.72. The zero-order chi connectivity index (χ0) is 24.6. The van der Waals surface area contributed by atoms with Gasteiger partial charge in [-0.05, 0) is 63.6 Å². The zero-order valence-electron chi connectivity index (χ0n) is 20.6. The van der Waals surface area contributed by atoms with Crippen LogP contribution >= 0.6 is 0 Å². The minimum Gasteiger partial charge on any atom is -0.296 e. The summed E-state index contributed by atoms with van der Waals surface area (Å²) in [6.45, 7) is 4.55. The molecule has 7 heteroatoms. The number of hydrogen-bond donors (Lipinski definition) is 0. The van der Waals surface area contributed by atoms with E-state index in [1.54, 1.807) is 15.5 Å². The number of para-hydroxylation sites is 2. The van der Waals surface area contributed by atoms with Gasteiger partial charge in [-0.3, -0.25) is 9.36 Å². The van der Waals surface area contributed by atoms with Gasteiger partial charge in [-0.25, -0.2) is 15.0 Å². The first-order chi connectivity index (χ1) is 17.6. The van der Waals surface area contributed by atoms with E-state index in [4.69, 9.17) is 20.1 Å². The van der Waals surface area contributed by atoms with Crippen LogP contribution in [0.3, 0.4) is 0 Å². The molecular formula is C29H28N6O. The molecule has 36 heavy (non-hydrogen) atoms. The molecule has 0 saturated carbocycles. The molecule has 0 aliphatic heterocycles. The lowest BCUT2D eigenvalue weighted by atomic mass is 9.97. The molecule has 180 valence electrons. The maximum atomic E-state index is 13.9. The summed E-state index contributed by atoms with van der Waals surface area (Å²) in [5.74, 6) is 0.670. The Hall–Kier alpha value is -4.13. The number of allylic oxidation sites excluding steroid dienone is 2. The highest BCUT2D eigenvalue weighted by Crippen LogP contribution is 2.26. The van der Waals surface area contributed by atoms with Gasteiger partial charge < -0.3 is 0 Å². The van der Waals surface area contributed by atoms with Gasteiger partial charge >= 0.3 is 0 Å². The highest BCUT2D eigenvalue weighted by atomic mass is 16.1. The van der Waals surface area contributed by atoms with Crippen molar-refractivity contribution in [2.45, 2.75) is 52.5 Å². The first kappa shape index (κ1) is 22.3. The van der Waals surface area contributed by atoms with E-state index in [1.165, 1.54) is 18.4 Å². The van der Waals surface area contributed by atoms with Crippen molar-refractivity contribution in [1.29, 1.82) is 0 Å². The SMILES string of the molecule is Cc1cccc(C=Nn2c3nc4ccccc4nc3c3c(=O)n(CCC4=CCCCC4)c(C)nc32)c1. The predicted octanol–water partition coefficient (Wildman–Crippen LogP) is 5.68. The van der Waals surface area contributed by atoms with Gasteiger partial charge in [-0.1, -0.05) is 53.6 Å². The number of nitrogens with zero attached hydrogens (tertiary/aromatic N) is 6. The van der Waals surface area contributed by atoms with Gasteiger partial charge in [-0.2, -0.15) is 9.78 Å². The molecule has 0 N–H and O–H groups in total. The summed E-state index contributed by atoms with van der Waals surface area (Å²) < 4.78 is 3.44. The Balaban J connectivity index is 1.56. The second-order valence-electron chi connectivity index (χ2n) is 9.53. The summed E-state index contributed by atoms with van der Waals surface area (Å²) >= 11 is 0. The third-order valence-corrected chi connectivity index (χ3v) is 6.94. The van der Waals surface area contributed by atoms with Crippen molar-refractivity contribution >= 4 is 39.4 Å². The Morgan fingerprint density at radius 3 is 2.58 bits per heavy atom. The summed E-state index contributed by atoms with van der Waals surface area (Å²) in [5, 5.41) is 5.21. The Morgan fingerprint density at radius 1 is 0.972 bits per heavy atom. The molecule has 7 nitrogen and oxygen atoms in total. The first-order valence-corrected chi connectivity index (χ1v) is 12.6. The summed E-state index contributed by atoms with van der Waals surface area (Å²) in [7, 11) is 0. The average molecular weight is 477 g/mol. The topological polar surface area (TPSA) is 78.0 Å². The van der Waals surface area contributed by atoms with Crippen molar-refractivity contribution in [2.24, 2.45) is 5.10 Å². The Morgan fingerprint density at radius 2 is 1.81 bits per heavy atom. The molecule has 0 fully saturated rings. The highest BCUT2D eigenvalue weighted by Gasteiger charge is 2.21. The summed E-state index contributed by atoms with van der Waals surface area (Å²) in [6, 6.07) is 15.8. The molecule has 0 atom stereocenters. The molecule has 0 spiro atoms. The minimum atomic E-state index is -0.0898. The lowest BCUT2D eigenvalue weighted by Gasteiger charge is -2.14. The van der Waals surface area contributed by atoms with Gasteiger partial charge in [0, 0.05) is 6.54 Å². The van der Waals surface area contributed by atoms with Gasteiger partial charge in [0.25, 0.3) is 5.56 Å². The van der Waals surface area contributed by atoms with E-state index < -0.39 is 0 Å². The predicted molar refractivity (Wildman–Crippen MR) is 145 cm³/mol. The van der Waals surface area contributed by atoms with E-state index >= 15 is 0 Å². The molecule has 0 bridgehead atoms. The van der Waals surface area contributed by atoms with Crippen LogP contribution < -0.4 is 5.56 Å². The lowest BCUT2D eigenvalue weighted by Crippen LogP contribution is -2.24. The van der Waals surface area contributed by atoms with Crippen LogP contribution in [0.25, 0.3) is 33.2 Å². The van der Waals surface area contributed by atoms with Crippen molar-refractivity contribution in [2.75, 3.05) is 0 Å². The van der Waals surface area contributed by atoms with Gasteiger partial charge in [0.2, 0.25) is 0 Å². The molecule has 3 aromatic heterocycles. The van der Waals surface area contributed by atoms with Gasteiger partial charge in [0.05, 0.1) is 17.2 Å². The number of aromatic nitrogens is 5. The molecule has 0 saturated heterocycles. The fraction of sp³-hybridized carbons (Fsp3) is 0.276. The van der Waals surface area contributed by atoms with Crippen LogP contribution in [0.1, 0.15) is 49.1 Å². The fourth-order valence-electron chi connectivity index (χ4n) is 5.05. The maximum Gasteiger partial charge on any atom is 0.265 e. The van der Waals surface area contributed by atoms with E-state index in [0.29, 0.717) is 34.6 Å². The molecule has 0 unspecified atom stereocenters. The smallest absolute Gasteiger partial charge is 0.265 e. The van der Waals surface area contributed by atoms with Gasteiger partial charge in [0.15, 0.2) is 11.3 Å². The van der Waals surface area contributed by atoms with E-state index in [9.17, 15) is 4.79 Å². The normalized spacial score (nSPS) is 14.3. The van der Waals surface area contributed by atoms with Crippen molar-refractivity contribution in [1.82, 2.24) is 24.2 Å². The van der Waals surface area contributed by atoms with Gasteiger partial charge in [-0.15, -0.1) is 0 Å². The van der Waals surface area contributed by atoms with Crippen molar-refractivity contribution < 1.29 is 0 Å². The maximum absolute atomic E-state index is 13.9. The van der Waals surface area contributed by atoms with Crippen LogP contribution in [0.2, 0.25) is 0 Å². The van der Waals surface area contributed by atoms with E-state index in [0.717, 1.165) is 41.4 Å². The monoisotopic (exact) mass is 476 g/mol. The quantitative estimate of drug-likeness (QED) is 0.241. The van der Waals surface area contributed by atoms with Crippen LogP contribution in [0, 0.1) is 13.8 Å². The van der Waals surface area contributed by atoms with Crippen LogP contribution in [-0.2, 0) is 6.54 Å². The molecular weight excluding hydrogens is 448 g/mol. The molecule has 5 aromatic rings. The summed E-state index contributed by atoms with van der Waals surface area (Å²) in [4.78, 5) is 28.5. The number of aryl methyl sites for hydroxylation is 2. The largest absolute Gasteiger partial charge is 0.296 e. The number of benzene rings is 2. The van der Waals surface area contributed by atoms with E-state index in [-0.39, 0.29) is 5.56 Å². The molecule has 2 aromatic carbocycles. The first-order valence-electron chi connectivity index (χ1n) is 12.6. The number of rotatable bonds is 5. The van der Waals surface area contributed by atoms with Crippen molar-refractivity contribution in [3.05, 3.63) is 87.5 Å². The molecule has 0 radical (unpaired) electrons. The van der Waals surface area contributed by atoms with E-state index in [1.807, 2.05) is 56.3 Å². The average Bonchev–Trinajstić information content (AvgIpc) is 3.18. The van der Waals surface area contributed by atoms with Gasteiger partial charge in [0.1, 0.15) is 16.7 Å². The number of hydrogen-bond acceptors (Lipinski definition) is 5. The lowest BCUT2D eigenvalue weighted by molar-refractivity contribution is 0.597. The Kier molecular flexibility index (Phi) is 5.68. The molecule has 1 aliphatic rings. The highest BCUT2D eigenvalue weighted by molar-refractivity contribution is 6.05. The second-order valence-corrected chi connectivity index (χ2v) is 9.53. The van der Waals surface area contributed by atoms with E-state index in [2.05, 4.69) is 12.1 Å². The third kappa shape index (κ3) is 4.00. The zero-order valence-corrected chi connectivity index (χ0v) is 20.6. The fourth-order valence-corrected chi connectivity index (χ4v) is 5.05. The van der Waals surface area contributed by atoms with Crippen LogP contribution in [-0.4, -0.2) is 30.4 Å². The molecule has 1 aliphatic carbocycles. The second kappa shape index (κ2) is 9.15. The molecule has 6 rings (SSSR count). The number of fused-ring (bicyclic) bond motifs is 4. The summed E-state index contributed by atoms with van der Waals surface area (Å²) in [5.41, 5.74) is 6.50. The van der Waals surface area contributed by atoms with Crippen LogP contribution in [0.5, 0.6) is 0 Å². The van der Waals surface area contributed by atoms with Crippen LogP contribution in [0.4, 0.5) is 0 Å². The Labute approximate surface area is 208 Å².